The number of rotatable bonds is 8. The molecule has 1 amide bonds. The van der Waals surface area contributed by atoms with E-state index in [9.17, 15) is 30.1 Å². The maximum Gasteiger partial charge on any atom is 0.513 e. The molecular weight excluding hydrogens is 370 g/mol. The number of benzene rings is 1. The van der Waals surface area contributed by atoms with E-state index in [2.05, 4.69) is 0 Å². The van der Waals surface area contributed by atoms with Gasteiger partial charge in [-0.1, -0.05) is 6.92 Å². The number of carbonyl (C=O) groups is 2. The molecule has 150 valence electrons. The maximum atomic E-state index is 12.4. The summed E-state index contributed by atoms with van der Waals surface area (Å²) in [5.41, 5.74) is -0.984. The van der Waals surface area contributed by atoms with Gasteiger partial charge in [-0.25, -0.2) is 4.79 Å². The van der Waals surface area contributed by atoms with E-state index in [1.54, 1.807) is 26.8 Å². The molecule has 0 atom stereocenters. The van der Waals surface area contributed by atoms with Gasteiger partial charge in [-0.05, 0) is 38.0 Å². The molecule has 0 saturated heterocycles. The van der Waals surface area contributed by atoms with Crippen molar-refractivity contribution in [1.29, 1.82) is 5.26 Å². The van der Waals surface area contributed by atoms with Crippen molar-refractivity contribution in [3.63, 3.8) is 0 Å². The van der Waals surface area contributed by atoms with Crippen LogP contribution < -0.4 is 4.74 Å². The van der Waals surface area contributed by atoms with Crippen molar-refractivity contribution in [2.24, 2.45) is 0 Å². The van der Waals surface area contributed by atoms with E-state index in [1.165, 1.54) is 4.90 Å². The van der Waals surface area contributed by atoms with Crippen LogP contribution in [0, 0.1) is 21.4 Å². The van der Waals surface area contributed by atoms with Gasteiger partial charge in [0.05, 0.1) is 11.5 Å². The Kier molecular flexibility index (Phi) is 8.43. The number of ether oxygens (including phenoxy) is 2. The second kappa shape index (κ2) is 10.5. The number of hydrogen-bond donors (Lipinski definition) is 1. The van der Waals surface area contributed by atoms with Gasteiger partial charge in [-0.2, -0.15) is 5.26 Å². The third-order valence-electron chi connectivity index (χ3n) is 3.60. The SMILES string of the molecule is CCCOC(=O)Oc1cc(/C=C(\C#N)C(=O)N(CC)CC)cc([N+](=O)[O-])c1O. The molecule has 1 aromatic rings. The first-order valence-electron chi connectivity index (χ1n) is 8.55. The van der Waals surface area contributed by atoms with Crippen LogP contribution in [0.3, 0.4) is 0 Å². The number of phenolic OH excluding ortho intramolecular Hbond substituents is 1. The molecule has 0 radical (unpaired) electrons. The standard InChI is InChI=1S/C18H21N3O7/c1-4-7-27-18(24)28-15-10-12(9-14(16(15)22)21(25)26)8-13(11-19)17(23)20(5-2)6-3/h8-10,22H,4-7H2,1-3H3/b13-8+. The zero-order chi connectivity index (χ0) is 21.3. The summed E-state index contributed by atoms with van der Waals surface area (Å²) in [4.78, 5) is 35.7. The Bertz CT molecular complexity index is 823. The number of amides is 1. The number of nitro benzene ring substituents is 1. The zero-order valence-electron chi connectivity index (χ0n) is 15.8. The predicted molar refractivity (Wildman–Crippen MR) is 98.5 cm³/mol. The first kappa shape index (κ1) is 22.4. The number of carbonyl (C=O) groups excluding carboxylic acids is 2. The van der Waals surface area contributed by atoms with Crippen molar-refractivity contribution < 1.29 is 29.1 Å². The zero-order valence-corrected chi connectivity index (χ0v) is 15.8. The number of likely N-dealkylation sites (N-methyl/N-ethyl adjacent to an activating group) is 1. The van der Waals surface area contributed by atoms with E-state index >= 15 is 0 Å². The highest BCUT2D eigenvalue weighted by Crippen LogP contribution is 2.38. The molecule has 0 saturated carbocycles. The van der Waals surface area contributed by atoms with Gasteiger partial charge in [0.2, 0.25) is 5.75 Å². The summed E-state index contributed by atoms with van der Waals surface area (Å²) in [7, 11) is 0. The minimum atomic E-state index is -1.15. The molecule has 1 rings (SSSR count). The number of hydrogen-bond acceptors (Lipinski definition) is 8. The van der Waals surface area contributed by atoms with Crippen molar-refractivity contribution in [1.82, 2.24) is 4.90 Å². The highest BCUT2D eigenvalue weighted by Gasteiger charge is 2.23. The first-order valence-corrected chi connectivity index (χ1v) is 8.55. The summed E-state index contributed by atoms with van der Waals surface area (Å²) < 4.78 is 9.54. The average Bonchev–Trinajstić information content (AvgIpc) is 2.67. The van der Waals surface area contributed by atoms with Crippen LogP contribution in [0.2, 0.25) is 0 Å². The number of nitriles is 1. The maximum absolute atomic E-state index is 12.4. The van der Waals surface area contributed by atoms with Crippen LogP contribution in [-0.4, -0.2) is 46.7 Å². The fraction of sp³-hybridized carbons (Fsp3) is 0.389. The fourth-order valence-electron chi connectivity index (χ4n) is 2.21. The van der Waals surface area contributed by atoms with Crippen LogP contribution in [0.4, 0.5) is 10.5 Å². The number of nitrogens with zero attached hydrogens (tertiary/aromatic N) is 3. The highest BCUT2D eigenvalue weighted by molar-refractivity contribution is 6.01. The normalized spacial score (nSPS) is 10.7. The predicted octanol–water partition coefficient (Wildman–Crippen LogP) is 3.00. The van der Waals surface area contributed by atoms with Crippen LogP contribution in [0.5, 0.6) is 11.5 Å². The topological polar surface area (TPSA) is 143 Å². The molecule has 10 nitrogen and oxygen atoms in total. The van der Waals surface area contributed by atoms with Crippen molar-refractivity contribution in [2.75, 3.05) is 19.7 Å². The van der Waals surface area contributed by atoms with Gasteiger partial charge in [-0.15, -0.1) is 0 Å². The van der Waals surface area contributed by atoms with E-state index in [1.807, 2.05) is 0 Å². The Morgan fingerprint density at radius 2 is 1.96 bits per heavy atom. The molecule has 1 N–H and O–H groups in total. The molecule has 0 bridgehead atoms. The minimum absolute atomic E-state index is 0.0276. The third kappa shape index (κ3) is 5.70. The van der Waals surface area contributed by atoms with Crippen molar-refractivity contribution in [3.05, 3.63) is 33.4 Å². The smallest absolute Gasteiger partial charge is 0.499 e. The van der Waals surface area contributed by atoms with Gasteiger partial charge >= 0.3 is 11.8 Å². The highest BCUT2D eigenvalue weighted by atomic mass is 16.7. The van der Waals surface area contributed by atoms with Crippen molar-refractivity contribution >= 4 is 23.8 Å². The lowest BCUT2D eigenvalue weighted by molar-refractivity contribution is -0.385. The van der Waals surface area contributed by atoms with Crippen LogP contribution >= 0.6 is 0 Å². The molecule has 10 heteroatoms. The summed E-state index contributed by atoms with van der Waals surface area (Å²) in [6, 6.07) is 3.82. The number of phenols is 1. The van der Waals surface area contributed by atoms with Gasteiger partial charge in [-0.3, -0.25) is 14.9 Å². The minimum Gasteiger partial charge on any atom is -0.499 e. The molecule has 0 aliphatic rings. The summed E-state index contributed by atoms with van der Waals surface area (Å²) >= 11 is 0. The number of nitro groups is 1. The monoisotopic (exact) mass is 391 g/mol. The second-order valence-electron chi connectivity index (χ2n) is 5.49. The van der Waals surface area contributed by atoms with Crippen LogP contribution in [-0.2, 0) is 9.53 Å². The van der Waals surface area contributed by atoms with Crippen molar-refractivity contribution in [3.8, 4) is 17.6 Å². The molecule has 0 aliphatic carbocycles. The lowest BCUT2D eigenvalue weighted by Crippen LogP contribution is -2.31. The van der Waals surface area contributed by atoms with Crippen LogP contribution in [0.15, 0.2) is 17.7 Å². The molecule has 0 aliphatic heterocycles. The van der Waals surface area contributed by atoms with Gasteiger partial charge in [0.25, 0.3) is 5.91 Å². The summed E-state index contributed by atoms with van der Waals surface area (Å²) in [5, 5.41) is 30.5. The van der Waals surface area contributed by atoms with Crippen molar-refractivity contribution in [2.45, 2.75) is 27.2 Å². The molecule has 1 aromatic carbocycles. The molecular formula is C18H21N3O7. The molecule has 0 spiro atoms. The van der Waals surface area contributed by atoms with E-state index in [-0.39, 0.29) is 17.7 Å². The van der Waals surface area contributed by atoms with E-state index < -0.39 is 34.2 Å². The molecule has 0 fully saturated rings. The quantitative estimate of drug-likeness (QED) is 0.178. The molecule has 0 heterocycles. The molecule has 0 unspecified atom stereocenters. The Morgan fingerprint density at radius 1 is 1.32 bits per heavy atom. The molecule has 0 aromatic heterocycles. The van der Waals surface area contributed by atoms with E-state index in [0.29, 0.717) is 19.5 Å². The van der Waals surface area contributed by atoms with E-state index in [4.69, 9.17) is 9.47 Å². The summed E-state index contributed by atoms with van der Waals surface area (Å²) in [6.07, 6.45) is 0.507. The Hall–Kier alpha value is -3.61. The lowest BCUT2D eigenvalue weighted by atomic mass is 10.1. The van der Waals surface area contributed by atoms with Gasteiger partial charge < -0.3 is 19.5 Å². The van der Waals surface area contributed by atoms with Gasteiger partial charge in [0.15, 0.2) is 5.75 Å². The summed E-state index contributed by atoms with van der Waals surface area (Å²) in [6.45, 7) is 6.07. The Morgan fingerprint density at radius 3 is 2.46 bits per heavy atom. The lowest BCUT2D eigenvalue weighted by Gasteiger charge is -2.17. The number of aromatic hydroxyl groups is 1. The Labute approximate surface area is 161 Å². The molecule has 28 heavy (non-hydrogen) atoms. The van der Waals surface area contributed by atoms with Gasteiger partial charge in [0, 0.05) is 19.2 Å². The van der Waals surface area contributed by atoms with Crippen LogP contribution in [0.25, 0.3) is 6.08 Å². The summed E-state index contributed by atoms with van der Waals surface area (Å²) in [5.74, 6) is -1.94. The Balaban J connectivity index is 3.38. The largest absolute Gasteiger partial charge is 0.513 e. The van der Waals surface area contributed by atoms with E-state index in [0.717, 1.165) is 18.2 Å². The second-order valence-corrected chi connectivity index (χ2v) is 5.49. The first-order chi connectivity index (χ1) is 13.3. The van der Waals surface area contributed by atoms with Crippen LogP contribution in [0.1, 0.15) is 32.8 Å². The average molecular weight is 391 g/mol. The fourth-order valence-corrected chi connectivity index (χ4v) is 2.21. The van der Waals surface area contributed by atoms with Gasteiger partial charge in [0.1, 0.15) is 11.6 Å². The third-order valence-corrected chi connectivity index (χ3v) is 3.60.